The maximum Gasteiger partial charge on any atom is 0.257 e. The minimum absolute atomic E-state index is 0.359. The quantitative estimate of drug-likeness (QED) is 0.757. The van der Waals surface area contributed by atoms with E-state index in [1.54, 1.807) is 6.07 Å². The van der Waals surface area contributed by atoms with Gasteiger partial charge < -0.3 is 4.42 Å². The zero-order chi connectivity index (χ0) is 9.26. The third-order valence-corrected chi connectivity index (χ3v) is 1.96. The molecule has 2 heterocycles. The molecule has 0 atom stereocenters. The average molecular weight is 290 g/mol. The van der Waals surface area contributed by atoms with Gasteiger partial charge in [0.05, 0.1) is 11.9 Å². The first-order valence-corrected chi connectivity index (χ1v) is 4.56. The van der Waals surface area contributed by atoms with Crippen LogP contribution in [0.2, 0.25) is 0 Å². The summed E-state index contributed by atoms with van der Waals surface area (Å²) >= 11 is 1.95. The molecule has 0 amide bonds. The second-order valence-corrected chi connectivity index (χ2v) is 3.27. The van der Waals surface area contributed by atoms with Crippen LogP contribution in [0.25, 0.3) is 11.4 Å². The van der Waals surface area contributed by atoms with Crippen molar-refractivity contribution in [1.82, 2.24) is 9.97 Å². The first kappa shape index (κ1) is 8.61. The smallest absolute Gasteiger partial charge is 0.257 e. The lowest BCUT2D eigenvalue weighted by Gasteiger charge is -1.92. The van der Waals surface area contributed by atoms with Crippen LogP contribution in [-0.2, 0) is 0 Å². The van der Waals surface area contributed by atoms with Crippen LogP contribution >= 0.6 is 22.6 Å². The zero-order valence-electron chi connectivity index (χ0n) is 6.37. The molecule has 0 saturated carbocycles. The number of aromatic nitrogens is 2. The van der Waals surface area contributed by atoms with Gasteiger partial charge in [0.15, 0.2) is 0 Å². The van der Waals surface area contributed by atoms with Gasteiger partial charge in [-0.3, -0.25) is 4.98 Å². The molecule has 5 heteroatoms. The number of hydrogen-bond acceptors (Lipinski definition) is 3. The highest BCUT2D eigenvalue weighted by atomic mass is 127. The zero-order valence-corrected chi connectivity index (χ0v) is 8.53. The first-order valence-electron chi connectivity index (χ1n) is 3.48. The molecule has 0 unspecified atom stereocenters. The summed E-state index contributed by atoms with van der Waals surface area (Å²) in [6.45, 7) is 0. The van der Waals surface area contributed by atoms with E-state index < -0.39 is 0 Å². The highest BCUT2D eigenvalue weighted by Gasteiger charge is 2.04. The lowest BCUT2D eigenvalue weighted by molar-refractivity contribution is 0.525. The largest absolute Gasteiger partial charge is 0.440 e. The number of rotatable bonds is 1. The molecular formula is C8H4FIN2O. The number of halogens is 2. The average Bonchev–Trinajstić information content (AvgIpc) is 2.53. The van der Waals surface area contributed by atoms with Crippen LogP contribution in [0.15, 0.2) is 29.0 Å². The van der Waals surface area contributed by atoms with E-state index in [1.165, 1.54) is 12.3 Å². The monoisotopic (exact) mass is 290 g/mol. The fourth-order valence-electron chi connectivity index (χ4n) is 0.897. The maximum absolute atomic E-state index is 12.5. The summed E-state index contributed by atoms with van der Waals surface area (Å²) in [6.07, 6.45) is 2.64. The molecule has 0 spiro atoms. The van der Waals surface area contributed by atoms with Crippen molar-refractivity contribution in [1.29, 1.82) is 0 Å². The molecule has 0 fully saturated rings. The van der Waals surface area contributed by atoms with Gasteiger partial charge in [-0.05, 0) is 12.1 Å². The van der Waals surface area contributed by atoms with Crippen molar-refractivity contribution in [3.63, 3.8) is 0 Å². The van der Waals surface area contributed by atoms with Crippen LogP contribution < -0.4 is 0 Å². The molecule has 0 radical (unpaired) electrons. The molecular weight excluding hydrogens is 286 g/mol. The van der Waals surface area contributed by atoms with Crippen LogP contribution in [0.5, 0.6) is 0 Å². The molecule has 0 N–H and O–H groups in total. The van der Waals surface area contributed by atoms with Crippen LogP contribution in [0, 0.1) is 9.71 Å². The number of oxazole rings is 1. The highest BCUT2D eigenvalue weighted by Crippen LogP contribution is 2.16. The SMILES string of the molecule is Fc1ccc(-c2coc(I)n2)nc1. The molecule has 2 aromatic heterocycles. The van der Waals surface area contributed by atoms with E-state index in [0.29, 0.717) is 15.3 Å². The maximum atomic E-state index is 12.5. The highest BCUT2D eigenvalue weighted by molar-refractivity contribution is 14.1. The Morgan fingerprint density at radius 2 is 2.15 bits per heavy atom. The van der Waals surface area contributed by atoms with Crippen molar-refractivity contribution in [3.8, 4) is 11.4 Å². The van der Waals surface area contributed by atoms with Gasteiger partial charge in [-0.15, -0.1) is 0 Å². The van der Waals surface area contributed by atoms with Crippen LogP contribution in [-0.4, -0.2) is 9.97 Å². The van der Waals surface area contributed by atoms with Gasteiger partial charge in [-0.2, -0.15) is 0 Å². The lowest BCUT2D eigenvalue weighted by atomic mass is 10.3. The van der Waals surface area contributed by atoms with E-state index in [9.17, 15) is 4.39 Å². The van der Waals surface area contributed by atoms with Crippen LogP contribution in [0.3, 0.4) is 0 Å². The van der Waals surface area contributed by atoms with Crippen LogP contribution in [0.1, 0.15) is 0 Å². The third kappa shape index (κ3) is 1.85. The van der Waals surface area contributed by atoms with Gasteiger partial charge in [-0.1, -0.05) is 0 Å². The second kappa shape index (κ2) is 3.41. The van der Waals surface area contributed by atoms with Crippen molar-refractivity contribution in [2.75, 3.05) is 0 Å². The van der Waals surface area contributed by atoms with Crippen molar-refractivity contribution >= 4 is 22.6 Å². The predicted molar refractivity (Wildman–Crippen MR) is 52.4 cm³/mol. The third-order valence-electron chi connectivity index (χ3n) is 1.47. The summed E-state index contributed by atoms with van der Waals surface area (Å²) < 4.78 is 18.0. The molecule has 2 aromatic rings. The van der Waals surface area contributed by atoms with Crippen molar-refractivity contribution in [2.45, 2.75) is 0 Å². The molecule has 66 valence electrons. The Hall–Kier alpha value is -0.980. The van der Waals surface area contributed by atoms with Gasteiger partial charge in [0.1, 0.15) is 17.8 Å². The fraction of sp³-hybridized carbons (Fsp3) is 0. The number of pyridine rings is 1. The Balaban J connectivity index is 2.41. The van der Waals surface area contributed by atoms with Crippen molar-refractivity contribution < 1.29 is 8.81 Å². The summed E-state index contributed by atoms with van der Waals surface area (Å²) in [5.41, 5.74) is 1.22. The van der Waals surface area contributed by atoms with E-state index in [4.69, 9.17) is 4.42 Å². The topological polar surface area (TPSA) is 38.9 Å². The van der Waals surface area contributed by atoms with Gasteiger partial charge in [-0.25, -0.2) is 9.37 Å². The Morgan fingerprint density at radius 1 is 1.31 bits per heavy atom. The second-order valence-electron chi connectivity index (χ2n) is 2.35. The van der Waals surface area contributed by atoms with Gasteiger partial charge in [0, 0.05) is 22.6 Å². The van der Waals surface area contributed by atoms with E-state index >= 15 is 0 Å². The number of hydrogen-bond donors (Lipinski definition) is 0. The summed E-state index contributed by atoms with van der Waals surface area (Å²) in [6, 6.07) is 2.90. The Bertz CT molecular complexity index is 412. The van der Waals surface area contributed by atoms with Gasteiger partial charge >= 0.3 is 0 Å². The minimum Gasteiger partial charge on any atom is -0.440 e. The molecule has 0 aliphatic heterocycles. The summed E-state index contributed by atoms with van der Waals surface area (Å²) in [4.78, 5) is 7.91. The molecule has 0 aliphatic carbocycles. The molecule has 0 aromatic carbocycles. The summed E-state index contributed by atoms with van der Waals surface area (Å²) in [5.74, 6) is -0.359. The Morgan fingerprint density at radius 3 is 2.69 bits per heavy atom. The summed E-state index contributed by atoms with van der Waals surface area (Å²) in [7, 11) is 0. The van der Waals surface area contributed by atoms with Gasteiger partial charge in [0.25, 0.3) is 3.90 Å². The standard InChI is InChI=1S/C8H4FIN2O/c9-5-1-2-6(11-3-5)7-4-13-8(10)12-7/h1-4H. The predicted octanol–water partition coefficient (Wildman–Crippen LogP) is 2.48. The molecule has 3 nitrogen and oxygen atoms in total. The van der Waals surface area contributed by atoms with Crippen molar-refractivity contribution in [2.24, 2.45) is 0 Å². The molecule has 0 aliphatic rings. The van der Waals surface area contributed by atoms with E-state index in [2.05, 4.69) is 9.97 Å². The Labute approximate surface area is 87.1 Å². The fourth-order valence-corrected chi connectivity index (χ4v) is 1.28. The Kier molecular flexibility index (Phi) is 2.26. The number of nitrogens with zero attached hydrogens (tertiary/aromatic N) is 2. The normalized spacial score (nSPS) is 10.3. The van der Waals surface area contributed by atoms with E-state index in [0.717, 1.165) is 6.20 Å². The first-order chi connectivity index (χ1) is 6.25. The van der Waals surface area contributed by atoms with Crippen molar-refractivity contribution in [3.05, 3.63) is 34.3 Å². The van der Waals surface area contributed by atoms with Gasteiger partial charge in [0.2, 0.25) is 0 Å². The molecule has 13 heavy (non-hydrogen) atoms. The minimum atomic E-state index is -0.359. The van der Waals surface area contributed by atoms with E-state index in [-0.39, 0.29) is 5.82 Å². The van der Waals surface area contributed by atoms with Crippen LogP contribution in [0.4, 0.5) is 4.39 Å². The van der Waals surface area contributed by atoms with E-state index in [1.807, 2.05) is 22.6 Å². The molecule has 0 bridgehead atoms. The summed E-state index contributed by atoms with van der Waals surface area (Å²) in [5, 5.41) is 0. The lowest BCUT2D eigenvalue weighted by Crippen LogP contribution is -1.84. The molecule has 2 rings (SSSR count). The molecule has 0 saturated heterocycles.